The van der Waals surface area contributed by atoms with Crippen molar-refractivity contribution in [3.05, 3.63) is 16.1 Å². The molecule has 4 N–H and O–H groups in total. The van der Waals surface area contributed by atoms with E-state index < -0.39 is 6.10 Å². The minimum atomic E-state index is -0.513. The lowest BCUT2D eigenvalue weighted by Gasteiger charge is -2.17. The van der Waals surface area contributed by atoms with Gasteiger partial charge < -0.3 is 16.2 Å². The summed E-state index contributed by atoms with van der Waals surface area (Å²) < 4.78 is 0. The maximum absolute atomic E-state index is 11.8. The monoisotopic (exact) mass is 307 g/mol. The molecule has 1 rings (SSSR count). The summed E-state index contributed by atoms with van der Waals surface area (Å²) in [7, 11) is 0. The molecule has 1 aromatic rings. The van der Waals surface area contributed by atoms with E-state index in [-0.39, 0.29) is 30.8 Å². The van der Waals surface area contributed by atoms with Crippen LogP contribution in [0, 0.1) is 5.92 Å². The van der Waals surface area contributed by atoms with Gasteiger partial charge >= 0.3 is 0 Å². The summed E-state index contributed by atoms with van der Waals surface area (Å²) in [5, 5.41) is 15.0. The number of carbonyl (C=O) groups is 1. The highest BCUT2D eigenvalue weighted by Crippen LogP contribution is 2.10. The van der Waals surface area contributed by atoms with E-state index in [0.29, 0.717) is 18.7 Å². The first-order chi connectivity index (χ1) is 8.58. The Hall–Kier alpha value is -0.690. The summed E-state index contributed by atoms with van der Waals surface area (Å²) >= 11 is 1.43. The smallest absolute Gasteiger partial charge is 0.270 e. The van der Waals surface area contributed by atoms with E-state index in [2.05, 4.69) is 10.3 Å². The molecule has 0 bridgehead atoms. The van der Waals surface area contributed by atoms with Gasteiger partial charge in [-0.1, -0.05) is 20.3 Å². The molecule has 1 heterocycles. The lowest BCUT2D eigenvalue weighted by molar-refractivity contribution is 0.0846. The molecule has 2 atom stereocenters. The first-order valence-electron chi connectivity index (χ1n) is 6.19. The summed E-state index contributed by atoms with van der Waals surface area (Å²) in [5.41, 5.74) is 5.83. The normalized spacial score (nSPS) is 13.5. The number of aliphatic hydroxyl groups is 1. The predicted molar refractivity (Wildman–Crippen MR) is 79.9 cm³/mol. The number of nitrogens with zero attached hydrogens (tertiary/aromatic N) is 1. The molecule has 0 aliphatic heterocycles. The Balaban J connectivity index is 0.00000324. The third kappa shape index (κ3) is 5.86. The standard InChI is InChI=1S/C12H21N3O2S.ClH/c1-3-8(2)10(16)6-14-12(17)9-7-18-11(15-9)4-5-13;/h7-8,10,16H,3-6,13H2,1-2H3,(H,14,17);1H. The number of thiazole rings is 1. The van der Waals surface area contributed by atoms with Gasteiger partial charge in [-0.25, -0.2) is 4.98 Å². The van der Waals surface area contributed by atoms with Crippen LogP contribution < -0.4 is 11.1 Å². The minimum Gasteiger partial charge on any atom is -0.391 e. The van der Waals surface area contributed by atoms with Gasteiger partial charge in [0.2, 0.25) is 0 Å². The average Bonchev–Trinajstić information content (AvgIpc) is 2.83. The zero-order valence-corrected chi connectivity index (χ0v) is 12.9. The number of nitrogens with two attached hydrogens (primary N) is 1. The average molecular weight is 308 g/mol. The van der Waals surface area contributed by atoms with Gasteiger partial charge in [0.15, 0.2) is 0 Å². The molecule has 0 saturated carbocycles. The number of hydrogen-bond donors (Lipinski definition) is 3. The quantitative estimate of drug-likeness (QED) is 0.706. The molecule has 5 nitrogen and oxygen atoms in total. The van der Waals surface area contributed by atoms with E-state index in [1.165, 1.54) is 11.3 Å². The molecular weight excluding hydrogens is 286 g/mol. The predicted octanol–water partition coefficient (Wildman–Crippen LogP) is 1.20. The van der Waals surface area contributed by atoms with Crippen LogP contribution in [0.1, 0.15) is 35.8 Å². The van der Waals surface area contributed by atoms with Crippen LogP contribution in [-0.2, 0) is 6.42 Å². The molecule has 7 heteroatoms. The molecule has 0 radical (unpaired) electrons. The van der Waals surface area contributed by atoms with E-state index in [9.17, 15) is 9.90 Å². The minimum absolute atomic E-state index is 0. The largest absolute Gasteiger partial charge is 0.391 e. The Morgan fingerprint density at radius 2 is 2.32 bits per heavy atom. The Morgan fingerprint density at radius 1 is 1.63 bits per heavy atom. The van der Waals surface area contributed by atoms with Gasteiger partial charge in [-0.2, -0.15) is 0 Å². The molecule has 0 saturated heterocycles. The second-order valence-electron chi connectivity index (χ2n) is 4.33. The van der Waals surface area contributed by atoms with Crippen LogP contribution in [0.4, 0.5) is 0 Å². The molecule has 2 unspecified atom stereocenters. The number of amides is 1. The fourth-order valence-corrected chi connectivity index (χ4v) is 2.21. The summed E-state index contributed by atoms with van der Waals surface area (Å²) in [4.78, 5) is 16.0. The van der Waals surface area contributed by atoms with Gasteiger partial charge in [-0.05, 0) is 12.5 Å². The van der Waals surface area contributed by atoms with Crippen molar-refractivity contribution in [2.24, 2.45) is 11.7 Å². The fourth-order valence-electron chi connectivity index (χ4n) is 1.41. The number of aliphatic hydroxyl groups excluding tert-OH is 1. The number of hydrogen-bond acceptors (Lipinski definition) is 5. The topological polar surface area (TPSA) is 88.2 Å². The number of halogens is 1. The van der Waals surface area contributed by atoms with Crippen molar-refractivity contribution < 1.29 is 9.90 Å². The van der Waals surface area contributed by atoms with Crippen molar-refractivity contribution in [1.82, 2.24) is 10.3 Å². The van der Waals surface area contributed by atoms with E-state index >= 15 is 0 Å². The number of rotatable bonds is 7. The van der Waals surface area contributed by atoms with Crippen LogP contribution in [0.15, 0.2) is 5.38 Å². The molecule has 1 aromatic heterocycles. The molecule has 19 heavy (non-hydrogen) atoms. The van der Waals surface area contributed by atoms with Crippen molar-refractivity contribution in [2.75, 3.05) is 13.1 Å². The Kier molecular flexibility index (Phi) is 8.92. The first-order valence-corrected chi connectivity index (χ1v) is 7.07. The maximum Gasteiger partial charge on any atom is 0.270 e. The highest BCUT2D eigenvalue weighted by atomic mass is 35.5. The second-order valence-corrected chi connectivity index (χ2v) is 5.27. The second kappa shape index (κ2) is 9.25. The van der Waals surface area contributed by atoms with Crippen LogP contribution in [0.5, 0.6) is 0 Å². The van der Waals surface area contributed by atoms with Gasteiger partial charge in [-0.15, -0.1) is 23.7 Å². The van der Waals surface area contributed by atoms with E-state index in [4.69, 9.17) is 5.73 Å². The Morgan fingerprint density at radius 3 is 2.89 bits per heavy atom. The maximum atomic E-state index is 11.8. The van der Waals surface area contributed by atoms with Crippen LogP contribution in [0.2, 0.25) is 0 Å². The lowest BCUT2D eigenvalue weighted by atomic mass is 10.0. The molecule has 0 fully saturated rings. The van der Waals surface area contributed by atoms with Gasteiger partial charge in [0.25, 0.3) is 5.91 Å². The van der Waals surface area contributed by atoms with Crippen LogP contribution in [0.3, 0.4) is 0 Å². The lowest BCUT2D eigenvalue weighted by Crippen LogP contribution is -2.35. The molecule has 0 aliphatic rings. The number of aromatic nitrogens is 1. The first kappa shape index (κ1) is 18.3. The summed E-state index contributed by atoms with van der Waals surface area (Å²) in [6, 6.07) is 0. The van der Waals surface area contributed by atoms with Crippen molar-refractivity contribution in [2.45, 2.75) is 32.8 Å². The van der Waals surface area contributed by atoms with E-state index in [1.54, 1.807) is 5.38 Å². The highest BCUT2D eigenvalue weighted by molar-refractivity contribution is 7.09. The van der Waals surface area contributed by atoms with E-state index in [0.717, 1.165) is 11.4 Å². The van der Waals surface area contributed by atoms with Crippen molar-refractivity contribution in [3.63, 3.8) is 0 Å². The Bertz CT molecular complexity index is 387. The molecule has 1 amide bonds. The van der Waals surface area contributed by atoms with Gasteiger partial charge in [0.1, 0.15) is 5.69 Å². The molecule has 110 valence electrons. The van der Waals surface area contributed by atoms with Crippen molar-refractivity contribution >= 4 is 29.7 Å². The van der Waals surface area contributed by atoms with Gasteiger partial charge in [0, 0.05) is 18.3 Å². The SMILES string of the molecule is CCC(C)C(O)CNC(=O)c1csc(CCN)n1.Cl. The number of carbonyl (C=O) groups excluding carboxylic acids is 1. The summed E-state index contributed by atoms with van der Waals surface area (Å²) in [6.07, 6.45) is 1.06. The molecule has 0 aromatic carbocycles. The van der Waals surface area contributed by atoms with Crippen LogP contribution in [-0.4, -0.2) is 35.2 Å². The van der Waals surface area contributed by atoms with Crippen molar-refractivity contribution in [1.29, 1.82) is 0 Å². The summed E-state index contributed by atoms with van der Waals surface area (Å²) in [5.74, 6) is -0.0644. The number of nitrogens with one attached hydrogen (secondary N) is 1. The zero-order chi connectivity index (χ0) is 13.5. The van der Waals surface area contributed by atoms with Gasteiger partial charge in [-0.3, -0.25) is 4.79 Å². The summed E-state index contributed by atoms with van der Waals surface area (Å²) in [6.45, 7) is 4.76. The zero-order valence-electron chi connectivity index (χ0n) is 11.3. The molecule has 0 spiro atoms. The van der Waals surface area contributed by atoms with Gasteiger partial charge in [0.05, 0.1) is 11.1 Å². The Labute approximate surface area is 124 Å². The molecular formula is C12H22ClN3O2S. The molecule has 0 aliphatic carbocycles. The third-order valence-corrected chi connectivity index (χ3v) is 3.82. The van der Waals surface area contributed by atoms with Crippen LogP contribution >= 0.6 is 23.7 Å². The highest BCUT2D eigenvalue weighted by Gasteiger charge is 2.15. The van der Waals surface area contributed by atoms with Crippen molar-refractivity contribution in [3.8, 4) is 0 Å². The third-order valence-electron chi connectivity index (χ3n) is 2.92. The van der Waals surface area contributed by atoms with Crippen LogP contribution in [0.25, 0.3) is 0 Å². The fraction of sp³-hybridized carbons (Fsp3) is 0.667. The van der Waals surface area contributed by atoms with E-state index in [1.807, 2.05) is 13.8 Å².